The lowest BCUT2D eigenvalue weighted by Gasteiger charge is -2.32. The Morgan fingerprint density at radius 2 is 1.64 bits per heavy atom. The van der Waals surface area contributed by atoms with Gasteiger partial charge in [0.1, 0.15) is 0 Å². The van der Waals surface area contributed by atoms with E-state index in [0.29, 0.717) is 11.8 Å². The second kappa shape index (κ2) is 10.5. The first-order valence-electron chi connectivity index (χ1n) is 11.8. The summed E-state index contributed by atoms with van der Waals surface area (Å²) in [5.41, 5.74) is 4.62. The summed E-state index contributed by atoms with van der Waals surface area (Å²) >= 11 is 6.47. The molecule has 0 aliphatic carbocycles. The highest BCUT2D eigenvalue weighted by atomic mass is 35.5. The second-order valence-electron chi connectivity index (χ2n) is 9.43. The first kappa shape index (κ1) is 23.5. The van der Waals surface area contributed by atoms with Crippen LogP contribution in [0.1, 0.15) is 46.8 Å². The molecule has 0 saturated carbocycles. The van der Waals surface area contributed by atoms with Crippen molar-refractivity contribution in [3.63, 3.8) is 0 Å². The van der Waals surface area contributed by atoms with Crippen molar-refractivity contribution >= 4 is 17.5 Å². The van der Waals surface area contributed by atoms with Crippen LogP contribution in [0.4, 0.5) is 0 Å². The molecule has 1 aliphatic heterocycles. The van der Waals surface area contributed by atoms with E-state index in [1.165, 1.54) is 11.1 Å². The maximum Gasteiger partial charge on any atom is 0.254 e. The van der Waals surface area contributed by atoms with Gasteiger partial charge in [-0.2, -0.15) is 0 Å². The summed E-state index contributed by atoms with van der Waals surface area (Å²) < 4.78 is 0. The highest BCUT2D eigenvalue weighted by Crippen LogP contribution is 2.36. The Labute approximate surface area is 203 Å². The molecule has 4 heteroatoms. The molecule has 1 amide bonds. The minimum atomic E-state index is 0.110. The van der Waals surface area contributed by atoms with Gasteiger partial charge in [0.25, 0.3) is 5.91 Å². The van der Waals surface area contributed by atoms with Crippen molar-refractivity contribution in [2.24, 2.45) is 5.92 Å². The van der Waals surface area contributed by atoms with Crippen molar-refractivity contribution in [3.8, 4) is 0 Å². The van der Waals surface area contributed by atoms with Gasteiger partial charge in [0, 0.05) is 48.7 Å². The van der Waals surface area contributed by atoms with Gasteiger partial charge in [-0.3, -0.25) is 9.69 Å². The third-order valence-electron chi connectivity index (χ3n) is 6.79. The Bertz CT molecular complexity index is 1080. The molecule has 3 aromatic rings. The SMILES string of the molecule is Cc1ccccc1C1CN(Cc2ccccc2Cl)CC1CN(C(=O)c1ccccc1)C(C)C. The van der Waals surface area contributed by atoms with E-state index in [4.69, 9.17) is 11.6 Å². The van der Waals surface area contributed by atoms with Crippen molar-refractivity contribution in [2.75, 3.05) is 19.6 Å². The molecule has 3 aromatic carbocycles. The van der Waals surface area contributed by atoms with Gasteiger partial charge in [0.05, 0.1) is 0 Å². The van der Waals surface area contributed by atoms with Gasteiger partial charge in [-0.25, -0.2) is 0 Å². The van der Waals surface area contributed by atoms with Gasteiger partial charge in [0.2, 0.25) is 0 Å². The molecule has 33 heavy (non-hydrogen) atoms. The number of rotatable bonds is 7. The van der Waals surface area contributed by atoms with Crippen LogP contribution in [0.5, 0.6) is 0 Å². The topological polar surface area (TPSA) is 23.6 Å². The van der Waals surface area contributed by atoms with Crippen LogP contribution in [0.2, 0.25) is 5.02 Å². The van der Waals surface area contributed by atoms with Crippen LogP contribution in [0.15, 0.2) is 78.9 Å². The summed E-state index contributed by atoms with van der Waals surface area (Å²) in [4.78, 5) is 17.9. The van der Waals surface area contributed by atoms with Gasteiger partial charge in [-0.15, -0.1) is 0 Å². The van der Waals surface area contributed by atoms with E-state index in [-0.39, 0.29) is 11.9 Å². The van der Waals surface area contributed by atoms with Crippen LogP contribution < -0.4 is 0 Å². The highest BCUT2D eigenvalue weighted by molar-refractivity contribution is 6.31. The first-order valence-corrected chi connectivity index (χ1v) is 12.2. The van der Waals surface area contributed by atoms with Gasteiger partial charge < -0.3 is 4.90 Å². The van der Waals surface area contributed by atoms with E-state index in [2.05, 4.69) is 56.0 Å². The molecule has 0 aromatic heterocycles. The van der Waals surface area contributed by atoms with Gasteiger partial charge in [-0.1, -0.05) is 72.3 Å². The number of carbonyl (C=O) groups is 1. The average molecular weight is 461 g/mol. The zero-order chi connectivity index (χ0) is 23.4. The Hall–Kier alpha value is -2.62. The number of hydrogen-bond acceptors (Lipinski definition) is 2. The summed E-state index contributed by atoms with van der Waals surface area (Å²) in [6, 6.07) is 26.5. The van der Waals surface area contributed by atoms with E-state index in [1.54, 1.807) is 0 Å². The molecule has 0 spiro atoms. The van der Waals surface area contributed by atoms with Crippen molar-refractivity contribution < 1.29 is 4.79 Å². The summed E-state index contributed by atoms with van der Waals surface area (Å²) in [6.07, 6.45) is 0. The maximum atomic E-state index is 13.4. The van der Waals surface area contributed by atoms with Crippen LogP contribution in [0.3, 0.4) is 0 Å². The summed E-state index contributed by atoms with van der Waals surface area (Å²) in [5.74, 6) is 0.834. The van der Waals surface area contributed by atoms with Gasteiger partial charge >= 0.3 is 0 Å². The molecule has 2 atom stereocenters. The summed E-state index contributed by atoms with van der Waals surface area (Å²) in [5, 5.41) is 0.816. The number of likely N-dealkylation sites (tertiary alicyclic amines) is 1. The Kier molecular flexibility index (Phi) is 7.52. The molecule has 2 unspecified atom stereocenters. The smallest absolute Gasteiger partial charge is 0.254 e. The van der Waals surface area contributed by atoms with Crippen LogP contribution >= 0.6 is 11.6 Å². The maximum absolute atomic E-state index is 13.4. The molecule has 172 valence electrons. The third-order valence-corrected chi connectivity index (χ3v) is 7.16. The van der Waals surface area contributed by atoms with E-state index < -0.39 is 0 Å². The van der Waals surface area contributed by atoms with Gasteiger partial charge in [-0.05, 0) is 61.6 Å². The van der Waals surface area contributed by atoms with E-state index >= 15 is 0 Å². The lowest BCUT2D eigenvalue weighted by molar-refractivity contribution is 0.0668. The van der Waals surface area contributed by atoms with E-state index in [0.717, 1.165) is 42.3 Å². The van der Waals surface area contributed by atoms with Crippen molar-refractivity contribution in [2.45, 2.75) is 39.3 Å². The lowest BCUT2D eigenvalue weighted by Crippen LogP contribution is -2.42. The standard InChI is InChI=1S/C29H33ClN2O/c1-21(2)32(29(33)23-12-5-4-6-13-23)19-25-18-31(17-24-14-8-10-16-28(24)30)20-27(25)26-15-9-7-11-22(26)3/h4-16,21,25,27H,17-20H2,1-3H3. The molecular formula is C29H33ClN2O. The molecule has 0 bridgehead atoms. The van der Waals surface area contributed by atoms with Crippen molar-refractivity contribution in [3.05, 3.63) is 106 Å². The third kappa shape index (κ3) is 5.48. The van der Waals surface area contributed by atoms with Crippen LogP contribution in [-0.4, -0.2) is 41.4 Å². The summed E-state index contributed by atoms with van der Waals surface area (Å²) in [6.45, 7) is 9.89. The molecule has 1 fully saturated rings. The Balaban J connectivity index is 1.60. The monoisotopic (exact) mass is 460 g/mol. The molecule has 4 rings (SSSR count). The van der Waals surface area contributed by atoms with Crippen molar-refractivity contribution in [1.29, 1.82) is 0 Å². The Morgan fingerprint density at radius 1 is 0.970 bits per heavy atom. The van der Waals surface area contributed by atoms with E-state index in [1.807, 2.05) is 53.4 Å². The number of carbonyl (C=O) groups excluding carboxylic acids is 1. The molecule has 3 nitrogen and oxygen atoms in total. The fourth-order valence-electron chi connectivity index (χ4n) is 5.02. The zero-order valence-electron chi connectivity index (χ0n) is 19.7. The molecular weight excluding hydrogens is 428 g/mol. The number of hydrogen-bond donors (Lipinski definition) is 0. The zero-order valence-corrected chi connectivity index (χ0v) is 20.5. The number of aryl methyl sites for hydroxylation is 1. The minimum absolute atomic E-state index is 0.110. The Morgan fingerprint density at radius 3 is 2.33 bits per heavy atom. The minimum Gasteiger partial charge on any atom is -0.336 e. The average Bonchev–Trinajstić information content (AvgIpc) is 3.21. The largest absolute Gasteiger partial charge is 0.336 e. The number of benzene rings is 3. The van der Waals surface area contributed by atoms with E-state index in [9.17, 15) is 4.79 Å². The lowest BCUT2D eigenvalue weighted by atomic mass is 9.86. The van der Waals surface area contributed by atoms with Crippen LogP contribution in [0, 0.1) is 12.8 Å². The molecule has 0 N–H and O–H groups in total. The molecule has 0 radical (unpaired) electrons. The predicted molar refractivity (Wildman–Crippen MR) is 137 cm³/mol. The van der Waals surface area contributed by atoms with Crippen molar-refractivity contribution in [1.82, 2.24) is 9.80 Å². The fourth-order valence-corrected chi connectivity index (χ4v) is 5.22. The molecule has 1 saturated heterocycles. The first-order chi connectivity index (χ1) is 15.9. The summed E-state index contributed by atoms with van der Waals surface area (Å²) in [7, 11) is 0. The number of nitrogens with zero attached hydrogens (tertiary/aromatic N) is 2. The van der Waals surface area contributed by atoms with Gasteiger partial charge in [0.15, 0.2) is 0 Å². The highest BCUT2D eigenvalue weighted by Gasteiger charge is 2.37. The predicted octanol–water partition coefficient (Wildman–Crippen LogP) is 6.41. The number of amides is 1. The number of halogens is 1. The van der Waals surface area contributed by atoms with Crippen LogP contribution in [-0.2, 0) is 6.54 Å². The molecule has 1 aliphatic rings. The fraction of sp³-hybridized carbons (Fsp3) is 0.345. The molecule has 1 heterocycles. The van der Waals surface area contributed by atoms with Crippen LogP contribution in [0.25, 0.3) is 0 Å². The quantitative estimate of drug-likeness (QED) is 0.406. The normalized spacial score (nSPS) is 18.6. The second-order valence-corrected chi connectivity index (χ2v) is 9.83.